The zero-order chi connectivity index (χ0) is 29.3. The van der Waals surface area contributed by atoms with Crippen molar-refractivity contribution >= 4 is 51.0 Å². The van der Waals surface area contributed by atoms with E-state index in [0.717, 1.165) is 25.5 Å². The summed E-state index contributed by atoms with van der Waals surface area (Å²) < 4.78 is 18.4. The van der Waals surface area contributed by atoms with Gasteiger partial charge in [0.25, 0.3) is 5.91 Å². The van der Waals surface area contributed by atoms with Crippen molar-refractivity contribution in [1.29, 1.82) is 5.26 Å². The van der Waals surface area contributed by atoms with Crippen LogP contribution >= 0.6 is 22.6 Å². The number of fused-ring (bicyclic) bond motifs is 1. The topological polar surface area (TPSA) is 80.6 Å². The summed E-state index contributed by atoms with van der Waals surface area (Å²) in [5.41, 5.74) is 3.29. The molecular formula is C35H27IN2O4. The fraction of sp³-hybridized carbons (Fsp3) is 0.0857. The average molecular weight is 667 g/mol. The Hall–Kier alpha value is -4.81. The van der Waals surface area contributed by atoms with Gasteiger partial charge in [-0.1, -0.05) is 72.8 Å². The normalized spacial score (nSPS) is 11.0. The number of nitriles is 1. The molecule has 7 heteroatoms. The van der Waals surface area contributed by atoms with Crippen LogP contribution < -0.4 is 19.5 Å². The molecule has 0 aliphatic rings. The van der Waals surface area contributed by atoms with Crippen molar-refractivity contribution in [2.75, 3.05) is 12.4 Å². The fourth-order valence-corrected chi connectivity index (χ4v) is 5.20. The lowest BCUT2D eigenvalue weighted by atomic mass is 10.1. The summed E-state index contributed by atoms with van der Waals surface area (Å²) in [6.07, 6.45) is 1.53. The van der Waals surface area contributed by atoms with Gasteiger partial charge >= 0.3 is 0 Å². The number of anilines is 1. The van der Waals surface area contributed by atoms with Crippen LogP contribution in [0.5, 0.6) is 17.2 Å². The number of nitrogens with one attached hydrogen (secondary N) is 1. The molecule has 1 amide bonds. The predicted octanol–water partition coefficient (Wildman–Crippen LogP) is 8.16. The monoisotopic (exact) mass is 666 g/mol. The molecule has 0 radical (unpaired) electrons. The summed E-state index contributed by atoms with van der Waals surface area (Å²) in [5, 5.41) is 14.8. The maximum atomic E-state index is 12.9. The maximum absolute atomic E-state index is 12.9. The minimum absolute atomic E-state index is 0.0401. The van der Waals surface area contributed by atoms with Crippen LogP contribution in [-0.2, 0) is 18.0 Å². The number of amides is 1. The van der Waals surface area contributed by atoms with Gasteiger partial charge in [-0.2, -0.15) is 5.26 Å². The van der Waals surface area contributed by atoms with Gasteiger partial charge in [0.15, 0.2) is 11.5 Å². The number of carbonyl (C=O) groups excluding carboxylic acids is 1. The second-order valence-corrected chi connectivity index (χ2v) is 10.5. The van der Waals surface area contributed by atoms with Crippen LogP contribution in [0.25, 0.3) is 16.8 Å². The van der Waals surface area contributed by atoms with E-state index in [2.05, 4.69) is 46.1 Å². The molecule has 1 N–H and O–H groups in total. The van der Waals surface area contributed by atoms with Crippen LogP contribution in [0.3, 0.4) is 0 Å². The second kappa shape index (κ2) is 13.7. The van der Waals surface area contributed by atoms with E-state index < -0.39 is 5.91 Å². The Kier molecular flexibility index (Phi) is 9.37. The van der Waals surface area contributed by atoms with Crippen LogP contribution in [0, 0.1) is 14.9 Å². The number of benzene rings is 5. The van der Waals surface area contributed by atoms with E-state index in [4.69, 9.17) is 14.2 Å². The highest BCUT2D eigenvalue weighted by Gasteiger charge is 2.15. The average Bonchev–Trinajstić information content (AvgIpc) is 3.03. The number of hydrogen-bond donors (Lipinski definition) is 1. The van der Waals surface area contributed by atoms with Crippen molar-refractivity contribution in [1.82, 2.24) is 0 Å². The zero-order valence-corrected chi connectivity index (χ0v) is 25.0. The van der Waals surface area contributed by atoms with E-state index in [1.54, 1.807) is 37.4 Å². The van der Waals surface area contributed by atoms with Gasteiger partial charge in [0.05, 0.1) is 10.7 Å². The first kappa shape index (κ1) is 28.7. The first-order valence-corrected chi connectivity index (χ1v) is 14.3. The summed E-state index contributed by atoms with van der Waals surface area (Å²) in [5.74, 6) is 1.27. The molecule has 42 heavy (non-hydrogen) atoms. The summed E-state index contributed by atoms with van der Waals surface area (Å²) in [6.45, 7) is 0.813. The Bertz CT molecular complexity index is 1770. The van der Waals surface area contributed by atoms with Gasteiger partial charge in [-0.3, -0.25) is 4.79 Å². The van der Waals surface area contributed by atoms with Gasteiger partial charge < -0.3 is 19.5 Å². The van der Waals surface area contributed by atoms with Crippen molar-refractivity contribution in [3.8, 4) is 23.3 Å². The van der Waals surface area contributed by atoms with E-state index >= 15 is 0 Å². The SMILES string of the molecule is COc1cc(/C=C(\C#N)C(=O)Nc2ccc(OCc3ccccc3)cc2)cc(I)c1OCc1cccc2ccccc12. The Morgan fingerprint density at radius 3 is 2.38 bits per heavy atom. The number of nitrogens with zero attached hydrogens (tertiary/aromatic N) is 1. The molecular weight excluding hydrogens is 639 g/mol. The fourth-order valence-electron chi connectivity index (χ4n) is 4.42. The molecule has 0 aromatic heterocycles. The molecule has 0 saturated carbocycles. The summed E-state index contributed by atoms with van der Waals surface area (Å²) in [6, 6.07) is 36.8. The second-order valence-electron chi connectivity index (χ2n) is 9.38. The standard InChI is InChI=1S/C35H27IN2O4/c1-40-33-20-25(19-32(36)34(33)42-23-27-12-7-11-26-10-5-6-13-31(26)27)18-28(21-37)35(39)38-29-14-16-30(17-15-29)41-22-24-8-3-2-4-9-24/h2-20H,22-23H2,1H3,(H,38,39)/b28-18+. The lowest BCUT2D eigenvalue weighted by molar-refractivity contribution is -0.112. The first-order valence-electron chi connectivity index (χ1n) is 13.2. The third-order valence-electron chi connectivity index (χ3n) is 6.54. The molecule has 6 nitrogen and oxygen atoms in total. The van der Waals surface area contributed by atoms with Gasteiger partial charge in [0.2, 0.25) is 0 Å². The highest BCUT2D eigenvalue weighted by Crippen LogP contribution is 2.36. The van der Waals surface area contributed by atoms with Gasteiger partial charge in [-0.25, -0.2) is 0 Å². The summed E-state index contributed by atoms with van der Waals surface area (Å²) >= 11 is 2.17. The van der Waals surface area contributed by atoms with Crippen LogP contribution in [-0.4, -0.2) is 13.0 Å². The third kappa shape index (κ3) is 7.09. The molecule has 208 valence electrons. The van der Waals surface area contributed by atoms with Crippen molar-refractivity contribution in [2.45, 2.75) is 13.2 Å². The maximum Gasteiger partial charge on any atom is 0.266 e. The molecule has 0 aliphatic heterocycles. The van der Waals surface area contributed by atoms with E-state index in [-0.39, 0.29) is 5.57 Å². The van der Waals surface area contributed by atoms with E-state index in [1.807, 2.05) is 66.7 Å². The highest BCUT2D eigenvalue weighted by molar-refractivity contribution is 14.1. The molecule has 0 atom stereocenters. The Morgan fingerprint density at radius 1 is 0.881 bits per heavy atom. The lowest BCUT2D eigenvalue weighted by Crippen LogP contribution is -2.13. The number of carbonyl (C=O) groups is 1. The molecule has 5 aromatic carbocycles. The van der Waals surface area contributed by atoms with Crippen molar-refractivity contribution in [3.63, 3.8) is 0 Å². The smallest absolute Gasteiger partial charge is 0.266 e. The number of methoxy groups -OCH3 is 1. The third-order valence-corrected chi connectivity index (χ3v) is 7.34. The van der Waals surface area contributed by atoms with E-state index in [9.17, 15) is 10.1 Å². The molecule has 0 saturated heterocycles. The van der Waals surface area contributed by atoms with Crippen LogP contribution in [0.2, 0.25) is 0 Å². The Balaban J connectivity index is 1.26. The Labute approximate surface area is 258 Å². The number of halogens is 1. The van der Waals surface area contributed by atoms with Gasteiger partial charge in [0, 0.05) is 5.69 Å². The number of ether oxygens (including phenoxy) is 3. The van der Waals surface area contributed by atoms with Crippen LogP contribution in [0.4, 0.5) is 5.69 Å². The van der Waals surface area contributed by atoms with Crippen LogP contribution in [0.1, 0.15) is 16.7 Å². The van der Waals surface area contributed by atoms with E-state index in [0.29, 0.717) is 41.7 Å². The minimum atomic E-state index is -0.513. The molecule has 5 rings (SSSR count). The molecule has 0 aliphatic carbocycles. The molecule has 0 bridgehead atoms. The number of hydrogen-bond acceptors (Lipinski definition) is 5. The summed E-state index contributed by atoms with van der Waals surface area (Å²) in [4.78, 5) is 12.9. The molecule has 0 spiro atoms. The van der Waals surface area contributed by atoms with Gasteiger partial charge in [-0.15, -0.1) is 0 Å². The van der Waals surface area contributed by atoms with Crippen molar-refractivity contribution < 1.29 is 19.0 Å². The van der Waals surface area contributed by atoms with E-state index in [1.165, 1.54) is 6.08 Å². The van der Waals surface area contributed by atoms with Crippen LogP contribution in [0.15, 0.2) is 115 Å². The minimum Gasteiger partial charge on any atom is -0.493 e. The Morgan fingerprint density at radius 2 is 1.62 bits per heavy atom. The highest BCUT2D eigenvalue weighted by atomic mass is 127. The molecule has 0 unspecified atom stereocenters. The quantitative estimate of drug-likeness (QED) is 0.0925. The molecule has 5 aromatic rings. The lowest BCUT2D eigenvalue weighted by Gasteiger charge is -2.15. The molecule has 0 fully saturated rings. The zero-order valence-electron chi connectivity index (χ0n) is 22.8. The first-order chi connectivity index (χ1) is 20.5. The number of rotatable bonds is 10. The molecule has 0 heterocycles. The van der Waals surface area contributed by atoms with Gasteiger partial charge in [-0.05, 0) is 92.5 Å². The summed E-state index contributed by atoms with van der Waals surface area (Å²) in [7, 11) is 1.56. The predicted molar refractivity (Wildman–Crippen MR) is 173 cm³/mol. The van der Waals surface area contributed by atoms with Gasteiger partial charge in [0.1, 0.15) is 30.6 Å². The van der Waals surface area contributed by atoms with Crippen molar-refractivity contribution in [3.05, 3.63) is 135 Å². The largest absolute Gasteiger partial charge is 0.493 e. The van der Waals surface area contributed by atoms with Crippen molar-refractivity contribution in [2.24, 2.45) is 0 Å².